The molecule has 1 rings (SSSR count). The zero-order valence-electron chi connectivity index (χ0n) is 12.9. The molecule has 0 atom stereocenters. The molecule has 0 saturated carbocycles. The fraction of sp³-hybridized carbons (Fsp3) is 0.571. The fourth-order valence-electron chi connectivity index (χ4n) is 1.79. The Morgan fingerprint density at radius 2 is 2.00 bits per heavy atom. The molecule has 0 radical (unpaired) electrons. The van der Waals surface area contributed by atoms with Crippen molar-refractivity contribution in [3.05, 3.63) is 22.7 Å². The third kappa shape index (κ3) is 5.14. The summed E-state index contributed by atoms with van der Waals surface area (Å²) in [6, 6.07) is 2.95. The highest BCUT2D eigenvalue weighted by atomic mass is 35.5. The molecule has 0 fully saturated rings. The standard InChI is InChI=1S/C14H23ClN2O3S/c1-10-12(16)7-11(15)8-13(10)21(18,19)17-9-14(2,3)5-6-20-4/h7-8,17H,5-6,9,16H2,1-4H3. The van der Waals surface area contributed by atoms with Crippen LogP contribution >= 0.6 is 11.6 Å². The SMILES string of the molecule is COCCC(C)(C)CNS(=O)(=O)c1cc(Cl)cc(N)c1C. The van der Waals surface area contributed by atoms with E-state index in [0.717, 1.165) is 6.42 Å². The van der Waals surface area contributed by atoms with Gasteiger partial charge in [-0.1, -0.05) is 25.4 Å². The Bertz CT molecular complexity index is 600. The summed E-state index contributed by atoms with van der Waals surface area (Å²) in [4.78, 5) is 0.120. The van der Waals surface area contributed by atoms with Crippen molar-refractivity contribution in [2.45, 2.75) is 32.1 Å². The minimum Gasteiger partial charge on any atom is -0.398 e. The number of rotatable bonds is 7. The lowest BCUT2D eigenvalue weighted by Gasteiger charge is -2.24. The zero-order chi connectivity index (χ0) is 16.3. The number of nitrogens with two attached hydrogens (primary N) is 1. The van der Waals surface area contributed by atoms with Crippen LogP contribution in [0.1, 0.15) is 25.8 Å². The second kappa shape index (κ2) is 6.96. The normalized spacial score (nSPS) is 12.6. The van der Waals surface area contributed by atoms with Gasteiger partial charge in [-0.05, 0) is 36.5 Å². The third-order valence-corrected chi connectivity index (χ3v) is 5.12. The Kier molecular flexibility index (Phi) is 6.04. The Balaban J connectivity index is 2.93. The average molecular weight is 335 g/mol. The molecule has 0 aliphatic rings. The number of sulfonamides is 1. The predicted octanol–water partition coefficient (Wildman–Crippen LogP) is 2.57. The molecule has 7 heteroatoms. The number of nitrogen functional groups attached to an aromatic ring is 1. The summed E-state index contributed by atoms with van der Waals surface area (Å²) in [5, 5.41) is 0.303. The topological polar surface area (TPSA) is 81.4 Å². The first-order valence-corrected chi connectivity index (χ1v) is 8.49. The minimum absolute atomic E-state index is 0.120. The van der Waals surface area contributed by atoms with Crippen LogP contribution in [0.25, 0.3) is 0 Å². The van der Waals surface area contributed by atoms with E-state index in [2.05, 4.69) is 4.72 Å². The van der Waals surface area contributed by atoms with Crippen LogP contribution in [-0.4, -0.2) is 28.7 Å². The van der Waals surface area contributed by atoms with Gasteiger partial charge in [-0.2, -0.15) is 0 Å². The van der Waals surface area contributed by atoms with E-state index in [4.69, 9.17) is 22.1 Å². The second-order valence-electron chi connectivity index (χ2n) is 5.85. The van der Waals surface area contributed by atoms with Gasteiger partial charge in [0.2, 0.25) is 10.0 Å². The maximum Gasteiger partial charge on any atom is 0.240 e. The molecule has 21 heavy (non-hydrogen) atoms. The molecule has 1 aromatic carbocycles. The number of halogens is 1. The van der Waals surface area contributed by atoms with Crippen LogP contribution in [0.15, 0.2) is 17.0 Å². The second-order valence-corrected chi connectivity index (χ2v) is 8.02. The van der Waals surface area contributed by atoms with Gasteiger partial charge in [0.25, 0.3) is 0 Å². The first kappa shape index (κ1) is 18.2. The summed E-state index contributed by atoms with van der Waals surface area (Å²) < 4.78 is 32.5. The Morgan fingerprint density at radius 3 is 2.57 bits per heavy atom. The maximum absolute atomic E-state index is 12.4. The van der Waals surface area contributed by atoms with Gasteiger partial charge >= 0.3 is 0 Å². The van der Waals surface area contributed by atoms with Crippen molar-refractivity contribution in [2.24, 2.45) is 5.41 Å². The van der Waals surface area contributed by atoms with E-state index in [-0.39, 0.29) is 10.3 Å². The average Bonchev–Trinajstić information content (AvgIpc) is 2.38. The zero-order valence-corrected chi connectivity index (χ0v) is 14.4. The number of methoxy groups -OCH3 is 1. The molecule has 0 saturated heterocycles. The molecule has 0 aromatic heterocycles. The van der Waals surface area contributed by atoms with Crippen molar-refractivity contribution >= 4 is 27.3 Å². The summed E-state index contributed by atoms with van der Waals surface area (Å²) in [6.07, 6.45) is 0.753. The van der Waals surface area contributed by atoms with Crippen molar-refractivity contribution in [3.8, 4) is 0 Å². The number of anilines is 1. The van der Waals surface area contributed by atoms with E-state index in [0.29, 0.717) is 29.4 Å². The summed E-state index contributed by atoms with van der Waals surface area (Å²) in [5.74, 6) is 0. The summed E-state index contributed by atoms with van der Waals surface area (Å²) in [5.41, 5.74) is 6.43. The number of hydrogen-bond donors (Lipinski definition) is 2. The molecule has 0 unspecified atom stereocenters. The molecule has 0 aliphatic carbocycles. The number of ether oxygens (including phenoxy) is 1. The van der Waals surface area contributed by atoms with Crippen molar-refractivity contribution in [1.82, 2.24) is 4.72 Å². The fourth-order valence-corrected chi connectivity index (χ4v) is 3.62. The van der Waals surface area contributed by atoms with Crippen molar-refractivity contribution in [3.63, 3.8) is 0 Å². The Labute approximate surface area is 131 Å². The summed E-state index contributed by atoms with van der Waals surface area (Å²) in [7, 11) is -2.03. The quantitative estimate of drug-likeness (QED) is 0.751. The number of hydrogen-bond acceptors (Lipinski definition) is 4. The van der Waals surface area contributed by atoms with Gasteiger partial charge in [0.15, 0.2) is 0 Å². The molecular weight excluding hydrogens is 312 g/mol. The van der Waals surface area contributed by atoms with Crippen molar-refractivity contribution in [2.75, 3.05) is 26.0 Å². The molecule has 0 bridgehead atoms. The van der Waals surface area contributed by atoms with Gasteiger partial charge in [0, 0.05) is 31.0 Å². The van der Waals surface area contributed by atoms with Crippen LogP contribution in [0.4, 0.5) is 5.69 Å². The van der Waals surface area contributed by atoms with Crippen molar-refractivity contribution < 1.29 is 13.2 Å². The van der Waals surface area contributed by atoms with E-state index >= 15 is 0 Å². The molecular formula is C14H23ClN2O3S. The lowest BCUT2D eigenvalue weighted by Crippen LogP contribution is -2.35. The highest BCUT2D eigenvalue weighted by Gasteiger charge is 2.24. The van der Waals surface area contributed by atoms with Crippen LogP contribution in [0.3, 0.4) is 0 Å². The minimum atomic E-state index is -3.65. The Hall–Kier alpha value is -0.820. The highest BCUT2D eigenvalue weighted by molar-refractivity contribution is 7.89. The largest absolute Gasteiger partial charge is 0.398 e. The van der Waals surface area contributed by atoms with Crippen molar-refractivity contribution in [1.29, 1.82) is 0 Å². The highest BCUT2D eigenvalue weighted by Crippen LogP contribution is 2.27. The molecule has 1 aromatic rings. The van der Waals surface area contributed by atoms with E-state index in [1.54, 1.807) is 20.1 Å². The van der Waals surface area contributed by atoms with Crippen LogP contribution in [-0.2, 0) is 14.8 Å². The van der Waals surface area contributed by atoms with Crippen LogP contribution in [0.5, 0.6) is 0 Å². The van der Waals surface area contributed by atoms with Crippen LogP contribution in [0, 0.1) is 12.3 Å². The van der Waals surface area contributed by atoms with Crippen LogP contribution in [0.2, 0.25) is 5.02 Å². The van der Waals surface area contributed by atoms with Gasteiger partial charge in [0.1, 0.15) is 0 Å². The lowest BCUT2D eigenvalue weighted by atomic mass is 9.90. The van der Waals surface area contributed by atoms with Gasteiger partial charge < -0.3 is 10.5 Å². The van der Waals surface area contributed by atoms with E-state index < -0.39 is 10.0 Å². The van der Waals surface area contributed by atoms with Gasteiger partial charge in [-0.15, -0.1) is 0 Å². The smallest absolute Gasteiger partial charge is 0.240 e. The molecule has 0 heterocycles. The van der Waals surface area contributed by atoms with E-state index in [1.807, 2.05) is 13.8 Å². The third-order valence-electron chi connectivity index (χ3n) is 3.38. The monoisotopic (exact) mass is 334 g/mol. The van der Waals surface area contributed by atoms with E-state index in [9.17, 15) is 8.42 Å². The maximum atomic E-state index is 12.4. The number of benzene rings is 1. The molecule has 3 N–H and O–H groups in total. The summed E-state index contributed by atoms with van der Waals surface area (Å²) >= 11 is 5.90. The first-order valence-electron chi connectivity index (χ1n) is 6.63. The van der Waals surface area contributed by atoms with E-state index in [1.165, 1.54) is 6.07 Å². The molecule has 5 nitrogen and oxygen atoms in total. The summed E-state index contributed by atoms with van der Waals surface area (Å²) in [6.45, 7) is 6.51. The number of nitrogens with one attached hydrogen (secondary N) is 1. The molecule has 120 valence electrons. The lowest BCUT2D eigenvalue weighted by molar-refractivity contribution is 0.153. The molecule has 0 spiro atoms. The predicted molar refractivity (Wildman–Crippen MR) is 86.1 cm³/mol. The van der Waals surface area contributed by atoms with Crippen LogP contribution < -0.4 is 10.5 Å². The van der Waals surface area contributed by atoms with Gasteiger partial charge in [-0.25, -0.2) is 13.1 Å². The van der Waals surface area contributed by atoms with Gasteiger partial charge in [0.05, 0.1) is 4.90 Å². The first-order chi connectivity index (χ1) is 9.59. The Morgan fingerprint density at radius 1 is 1.38 bits per heavy atom. The molecule has 0 amide bonds. The molecule has 0 aliphatic heterocycles. The van der Waals surface area contributed by atoms with Gasteiger partial charge in [-0.3, -0.25) is 0 Å².